The Labute approximate surface area is 198 Å². The summed E-state index contributed by atoms with van der Waals surface area (Å²) in [4.78, 5) is 16.4. The number of halogens is 2. The van der Waals surface area contributed by atoms with E-state index in [1.165, 1.54) is 18.2 Å². The molecule has 0 aliphatic carbocycles. The number of rotatable bonds is 5. The summed E-state index contributed by atoms with van der Waals surface area (Å²) in [5.74, 6) is 1.16. The van der Waals surface area contributed by atoms with E-state index in [9.17, 15) is 8.78 Å². The minimum atomic E-state index is -0.318. The molecule has 0 atom stereocenters. The van der Waals surface area contributed by atoms with E-state index in [1.807, 2.05) is 13.0 Å². The third-order valence-electron chi connectivity index (χ3n) is 6.50. The van der Waals surface area contributed by atoms with Crippen LogP contribution in [0.3, 0.4) is 0 Å². The van der Waals surface area contributed by atoms with E-state index in [2.05, 4.69) is 21.7 Å². The molecular formula is C26H29F2N5O. The number of ether oxygens (including phenoxy) is 1. The average Bonchev–Trinajstić information content (AvgIpc) is 2.83. The van der Waals surface area contributed by atoms with E-state index in [4.69, 9.17) is 14.7 Å². The number of aryl methyl sites for hydroxylation is 1. The van der Waals surface area contributed by atoms with Crippen molar-refractivity contribution < 1.29 is 13.5 Å². The zero-order valence-electron chi connectivity index (χ0n) is 19.6. The third kappa shape index (κ3) is 5.03. The molecule has 34 heavy (non-hydrogen) atoms. The third-order valence-corrected chi connectivity index (χ3v) is 6.50. The first-order valence-corrected chi connectivity index (χ1v) is 11.7. The van der Waals surface area contributed by atoms with Crippen molar-refractivity contribution in [3.8, 4) is 11.6 Å². The van der Waals surface area contributed by atoms with Gasteiger partial charge >= 0.3 is 0 Å². The van der Waals surface area contributed by atoms with Gasteiger partial charge in [0.25, 0.3) is 0 Å². The van der Waals surface area contributed by atoms with Gasteiger partial charge in [0, 0.05) is 57.8 Å². The second-order valence-corrected chi connectivity index (χ2v) is 9.16. The van der Waals surface area contributed by atoms with Crippen LogP contribution in [-0.2, 0) is 19.5 Å². The zero-order valence-corrected chi connectivity index (χ0v) is 19.6. The van der Waals surface area contributed by atoms with E-state index in [-0.39, 0.29) is 11.6 Å². The molecule has 3 aromatic rings. The quantitative estimate of drug-likeness (QED) is 0.564. The normalized spacial score (nSPS) is 17.0. The first-order chi connectivity index (χ1) is 16.4. The van der Waals surface area contributed by atoms with Crippen LogP contribution in [0.4, 0.5) is 14.7 Å². The van der Waals surface area contributed by atoms with Crippen LogP contribution in [0.15, 0.2) is 42.5 Å². The summed E-state index contributed by atoms with van der Waals surface area (Å²) < 4.78 is 34.0. The molecule has 2 aliphatic rings. The maximum Gasteiger partial charge on any atom is 0.228 e. The Morgan fingerprint density at radius 2 is 1.71 bits per heavy atom. The lowest BCUT2D eigenvalue weighted by atomic mass is 10.0. The van der Waals surface area contributed by atoms with E-state index < -0.39 is 0 Å². The van der Waals surface area contributed by atoms with Crippen molar-refractivity contribution in [2.24, 2.45) is 0 Å². The van der Waals surface area contributed by atoms with Crippen molar-refractivity contribution in [3.63, 3.8) is 0 Å². The molecule has 0 unspecified atom stereocenters. The topological polar surface area (TPSA) is 44.7 Å². The fourth-order valence-corrected chi connectivity index (χ4v) is 4.47. The summed E-state index contributed by atoms with van der Waals surface area (Å²) in [5.41, 5.74) is 3.58. The predicted molar refractivity (Wildman–Crippen MR) is 127 cm³/mol. The SMILES string of the molecule is Cc1ccc(F)c(CN2CCc3nc(N4CCN(C)CC4)nc(Oc4ccc(F)cc4)c3C2)c1. The van der Waals surface area contributed by atoms with Crippen LogP contribution in [0.5, 0.6) is 11.6 Å². The van der Waals surface area contributed by atoms with Crippen LogP contribution >= 0.6 is 0 Å². The highest BCUT2D eigenvalue weighted by Gasteiger charge is 2.27. The highest BCUT2D eigenvalue weighted by Crippen LogP contribution is 2.32. The van der Waals surface area contributed by atoms with E-state index in [0.29, 0.717) is 36.2 Å². The Hall–Kier alpha value is -3.10. The Bertz CT molecular complexity index is 1160. The minimum Gasteiger partial charge on any atom is -0.438 e. The number of nitrogens with zero attached hydrogens (tertiary/aromatic N) is 5. The maximum absolute atomic E-state index is 14.4. The fraction of sp³-hybridized carbons (Fsp3) is 0.385. The van der Waals surface area contributed by atoms with Crippen molar-refractivity contribution in [2.45, 2.75) is 26.4 Å². The average molecular weight is 466 g/mol. The van der Waals surface area contributed by atoms with E-state index >= 15 is 0 Å². The Balaban J connectivity index is 1.45. The molecule has 0 saturated carbocycles. The van der Waals surface area contributed by atoms with E-state index in [1.54, 1.807) is 18.2 Å². The maximum atomic E-state index is 14.4. The molecule has 1 saturated heterocycles. The lowest BCUT2D eigenvalue weighted by molar-refractivity contribution is 0.235. The van der Waals surface area contributed by atoms with Gasteiger partial charge in [0.1, 0.15) is 17.4 Å². The summed E-state index contributed by atoms with van der Waals surface area (Å²) in [7, 11) is 2.11. The highest BCUT2D eigenvalue weighted by atomic mass is 19.1. The summed E-state index contributed by atoms with van der Waals surface area (Å²) in [6.07, 6.45) is 0.728. The van der Waals surface area contributed by atoms with Gasteiger partial charge in [0.15, 0.2) is 0 Å². The Morgan fingerprint density at radius 1 is 0.941 bits per heavy atom. The summed E-state index contributed by atoms with van der Waals surface area (Å²) in [6.45, 7) is 7.40. The number of anilines is 1. The standard InChI is InChI=1S/C26H29F2N5O/c1-18-3-8-23(28)19(15-18)16-32-10-9-24-22(17-32)25(34-21-6-4-20(27)5-7-21)30-26(29-24)33-13-11-31(2)12-14-33/h3-8,15H,9-14,16-17H2,1-2H3. The molecule has 178 valence electrons. The molecule has 8 heteroatoms. The van der Waals surface area contributed by atoms with Crippen molar-refractivity contribution in [1.29, 1.82) is 0 Å². The number of likely N-dealkylation sites (N-methyl/N-ethyl adjacent to an activating group) is 1. The molecule has 0 spiro atoms. The van der Waals surface area contributed by atoms with Crippen LogP contribution in [0.2, 0.25) is 0 Å². The molecule has 3 heterocycles. The Kier molecular flexibility index (Phi) is 6.43. The second-order valence-electron chi connectivity index (χ2n) is 9.16. The van der Waals surface area contributed by atoms with Crippen molar-refractivity contribution in [3.05, 3.63) is 76.5 Å². The Morgan fingerprint density at radius 3 is 2.47 bits per heavy atom. The van der Waals surface area contributed by atoms with Gasteiger partial charge in [-0.25, -0.2) is 13.8 Å². The molecule has 0 bridgehead atoms. The summed E-state index contributed by atoms with van der Waals surface area (Å²) in [5, 5.41) is 0. The summed E-state index contributed by atoms with van der Waals surface area (Å²) in [6, 6.07) is 11.1. The van der Waals surface area contributed by atoms with Gasteiger partial charge in [-0.1, -0.05) is 17.7 Å². The number of fused-ring (bicyclic) bond motifs is 1. The van der Waals surface area contributed by atoms with Crippen LogP contribution in [0.25, 0.3) is 0 Å². The van der Waals surface area contributed by atoms with Crippen molar-refractivity contribution in [2.75, 3.05) is 44.7 Å². The van der Waals surface area contributed by atoms with Gasteiger partial charge in [-0.05, 0) is 44.3 Å². The van der Waals surface area contributed by atoms with Crippen LogP contribution in [0, 0.1) is 18.6 Å². The smallest absolute Gasteiger partial charge is 0.228 e. The van der Waals surface area contributed by atoms with E-state index in [0.717, 1.165) is 56.0 Å². The number of hydrogen-bond acceptors (Lipinski definition) is 6. The highest BCUT2D eigenvalue weighted by molar-refractivity contribution is 5.44. The van der Waals surface area contributed by atoms with Crippen LogP contribution in [-0.4, -0.2) is 59.5 Å². The minimum absolute atomic E-state index is 0.194. The summed E-state index contributed by atoms with van der Waals surface area (Å²) >= 11 is 0. The molecule has 2 aromatic carbocycles. The molecule has 2 aliphatic heterocycles. The molecule has 5 rings (SSSR count). The van der Waals surface area contributed by atoms with Crippen molar-refractivity contribution >= 4 is 5.95 Å². The molecule has 6 nitrogen and oxygen atoms in total. The molecule has 0 radical (unpaired) electrons. The molecule has 1 aromatic heterocycles. The molecule has 0 amide bonds. The first-order valence-electron chi connectivity index (χ1n) is 11.7. The number of benzene rings is 2. The van der Waals surface area contributed by atoms with Crippen LogP contribution < -0.4 is 9.64 Å². The number of hydrogen-bond donors (Lipinski definition) is 0. The monoisotopic (exact) mass is 465 g/mol. The van der Waals surface area contributed by atoms with Gasteiger partial charge in [-0.3, -0.25) is 4.90 Å². The molecule has 1 fully saturated rings. The van der Waals surface area contributed by atoms with Gasteiger partial charge in [0.2, 0.25) is 11.8 Å². The zero-order chi connectivity index (χ0) is 23.7. The lowest BCUT2D eigenvalue weighted by Gasteiger charge is -2.34. The van der Waals surface area contributed by atoms with Gasteiger partial charge in [-0.2, -0.15) is 4.98 Å². The predicted octanol–water partition coefficient (Wildman–Crippen LogP) is 4.17. The number of aromatic nitrogens is 2. The fourth-order valence-electron chi connectivity index (χ4n) is 4.47. The second kappa shape index (κ2) is 9.64. The van der Waals surface area contributed by atoms with Crippen molar-refractivity contribution in [1.82, 2.24) is 19.8 Å². The lowest BCUT2D eigenvalue weighted by Crippen LogP contribution is -2.45. The van der Waals surface area contributed by atoms with Gasteiger partial charge in [0.05, 0.1) is 11.3 Å². The van der Waals surface area contributed by atoms with Gasteiger partial charge in [-0.15, -0.1) is 0 Å². The molecular weight excluding hydrogens is 436 g/mol. The van der Waals surface area contributed by atoms with Crippen LogP contribution in [0.1, 0.15) is 22.4 Å². The number of piperazine rings is 1. The largest absolute Gasteiger partial charge is 0.438 e. The first kappa shape index (κ1) is 22.7. The molecule has 0 N–H and O–H groups in total. The van der Waals surface area contributed by atoms with Gasteiger partial charge < -0.3 is 14.5 Å².